The Morgan fingerprint density at radius 3 is 2.78 bits per heavy atom. The Balaban J connectivity index is 1.91. The second kappa shape index (κ2) is 5.55. The Morgan fingerprint density at radius 1 is 1.50 bits per heavy atom. The number of aliphatic hydroxyl groups excluding tert-OH is 1. The molecule has 0 spiro atoms. The van der Waals surface area contributed by atoms with E-state index in [1.54, 1.807) is 12.1 Å². The van der Waals surface area contributed by atoms with Gasteiger partial charge in [0.1, 0.15) is 5.82 Å². The molecule has 0 aliphatic heterocycles. The van der Waals surface area contributed by atoms with Gasteiger partial charge in [0.15, 0.2) is 0 Å². The van der Waals surface area contributed by atoms with Crippen LogP contribution < -0.4 is 5.32 Å². The molecular formula is C14H19ClFNO. The molecule has 1 unspecified atom stereocenters. The van der Waals surface area contributed by atoms with Gasteiger partial charge in [-0.25, -0.2) is 4.39 Å². The van der Waals surface area contributed by atoms with Gasteiger partial charge in [-0.05, 0) is 49.3 Å². The molecule has 1 aromatic carbocycles. The first-order valence-corrected chi connectivity index (χ1v) is 6.73. The van der Waals surface area contributed by atoms with E-state index in [2.05, 4.69) is 5.32 Å². The number of aliphatic hydroxyl groups is 1. The molecule has 0 heterocycles. The van der Waals surface area contributed by atoms with Crippen molar-refractivity contribution in [3.8, 4) is 0 Å². The zero-order valence-corrected chi connectivity index (χ0v) is 11.3. The molecule has 1 aliphatic rings. The van der Waals surface area contributed by atoms with Crippen molar-refractivity contribution in [1.82, 2.24) is 5.32 Å². The van der Waals surface area contributed by atoms with E-state index >= 15 is 0 Å². The number of hydrogen-bond donors (Lipinski definition) is 2. The van der Waals surface area contributed by atoms with Crippen LogP contribution in [-0.2, 0) is 0 Å². The van der Waals surface area contributed by atoms with Crippen LogP contribution in [0.15, 0.2) is 18.2 Å². The molecule has 18 heavy (non-hydrogen) atoms. The minimum absolute atomic E-state index is 0.138. The molecule has 100 valence electrons. The minimum atomic E-state index is -0.383. The second-order valence-corrected chi connectivity index (χ2v) is 5.66. The number of hydrogen-bond acceptors (Lipinski definition) is 2. The summed E-state index contributed by atoms with van der Waals surface area (Å²) in [6.45, 7) is 3.18. The van der Waals surface area contributed by atoms with Crippen molar-refractivity contribution in [3.63, 3.8) is 0 Å². The maximum atomic E-state index is 13.1. The van der Waals surface area contributed by atoms with E-state index in [1.165, 1.54) is 18.9 Å². The van der Waals surface area contributed by atoms with E-state index in [0.29, 0.717) is 0 Å². The highest BCUT2D eigenvalue weighted by Gasteiger charge is 2.41. The lowest BCUT2D eigenvalue weighted by atomic mass is 10.0. The monoisotopic (exact) mass is 271 g/mol. The van der Waals surface area contributed by atoms with Crippen LogP contribution in [0, 0.1) is 11.2 Å². The average Bonchev–Trinajstić information content (AvgIpc) is 3.11. The zero-order valence-electron chi connectivity index (χ0n) is 10.5. The molecule has 0 aromatic heterocycles. The summed E-state index contributed by atoms with van der Waals surface area (Å²) in [5.41, 5.74) is 1.27. The van der Waals surface area contributed by atoms with Gasteiger partial charge >= 0.3 is 0 Å². The molecule has 2 nitrogen and oxygen atoms in total. The second-order valence-electron chi connectivity index (χ2n) is 5.25. The average molecular weight is 272 g/mol. The Bertz CT molecular complexity index is 420. The predicted molar refractivity (Wildman–Crippen MR) is 71.2 cm³/mol. The topological polar surface area (TPSA) is 32.3 Å². The highest BCUT2D eigenvalue weighted by molar-refractivity contribution is 6.30. The molecule has 1 saturated carbocycles. The number of rotatable bonds is 6. The van der Waals surface area contributed by atoms with Gasteiger partial charge in [0.25, 0.3) is 0 Å². The van der Waals surface area contributed by atoms with Crippen molar-refractivity contribution in [3.05, 3.63) is 34.6 Å². The van der Waals surface area contributed by atoms with Crippen LogP contribution in [0.4, 0.5) is 4.39 Å². The van der Waals surface area contributed by atoms with Crippen LogP contribution in [0.25, 0.3) is 0 Å². The van der Waals surface area contributed by atoms with Crippen LogP contribution in [0.3, 0.4) is 0 Å². The fourth-order valence-electron chi connectivity index (χ4n) is 2.20. The normalized spacial score (nSPS) is 18.7. The molecular weight excluding hydrogens is 253 g/mol. The van der Waals surface area contributed by atoms with Crippen molar-refractivity contribution in [2.75, 3.05) is 13.2 Å². The van der Waals surface area contributed by atoms with Crippen LogP contribution in [0.5, 0.6) is 0 Å². The van der Waals surface area contributed by atoms with E-state index in [0.717, 1.165) is 18.5 Å². The summed E-state index contributed by atoms with van der Waals surface area (Å²) in [5.74, 6) is -0.383. The smallest absolute Gasteiger partial charge is 0.141 e. The molecule has 1 fully saturated rings. The molecule has 4 heteroatoms. The van der Waals surface area contributed by atoms with E-state index in [4.69, 9.17) is 16.7 Å². The van der Waals surface area contributed by atoms with E-state index in [1.807, 2.05) is 6.92 Å². The summed E-state index contributed by atoms with van der Waals surface area (Å²) in [6.07, 6.45) is 3.21. The van der Waals surface area contributed by atoms with Crippen LogP contribution in [0.2, 0.25) is 5.02 Å². The van der Waals surface area contributed by atoms with Gasteiger partial charge in [0, 0.05) is 19.2 Å². The Kier molecular flexibility index (Phi) is 4.25. The van der Waals surface area contributed by atoms with Gasteiger partial charge in [-0.2, -0.15) is 0 Å². The number of nitrogens with one attached hydrogen (secondary N) is 1. The largest absolute Gasteiger partial charge is 0.396 e. The standard InChI is InChI=1S/C14H19ClFNO/c1-10(11-2-3-13(16)12(15)8-11)17-9-14(4-5-14)6-7-18/h2-3,8,10,17-18H,4-7,9H2,1H3. The van der Waals surface area contributed by atoms with Gasteiger partial charge in [0.05, 0.1) is 5.02 Å². The Hall–Kier alpha value is -0.640. The molecule has 2 rings (SSSR count). The van der Waals surface area contributed by atoms with Crippen molar-refractivity contribution in [2.45, 2.75) is 32.2 Å². The lowest BCUT2D eigenvalue weighted by molar-refractivity contribution is 0.243. The summed E-state index contributed by atoms with van der Waals surface area (Å²) in [4.78, 5) is 0. The molecule has 1 aliphatic carbocycles. The molecule has 0 bridgehead atoms. The minimum Gasteiger partial charge on any atom is -0.396 e. The first-order chi connectivity index (χ1) is 8.56. The van der Waals surface area contributed by atoms with Crippen molar-refractivity contribution in [2.24, 2.45) is 5.41 Å². The third-order valence-corrected chi connectivity index (χ3v) is 4.12. The SMILES string of the molecule is CC(NCC1(CCO)CC1)c1ccc(F)c(Cl)c1. The lowest BCUT2D eigenvalue weighted by Crippen LogP contribution is -2.27. The summed E-state index contributed by atoms with van der Waals surface area (Å²) in [6, 6.07) is 4.96. The molecule has 0 amide bonds. The highest BCUT2D eigenvalue weighted by Crippen LogP contribution is 2.48. The Morgan fingerprint density at radius 2 is 2.22 bits per heavy atom. The van der Waals surface area contributed by atoms with E-state index in [-0.39, 0.29) is 28.9 Å². The molecule has 1 aromatic rings. The zero-order chi connectivity index (χ0) is 13.2. The van der Waals surface area contributed by atoms with Gasteiger partial charge in [-0.15, -0.1) is 0 Å². The predicted octanol–water partition coefficient (Wildman–Crippen LogP) is 3.29. The first-order valence-electron chi connectivity index (χ1n) is 6.35. The number of halogens is 2. The van der Waals surface area contributed by atoms with E-state index < -0.39 is 0 Å². The molecule has 0 saturated heterocycles. The van der Waals surface area contributed by atoms with Gasteiger partial charge in [-0.1, -0.05) is 17.7 Å². The third kappa shape index (κ3) is 3.22. The summed E-state index contributed by atoms with van der Waals surface area (Å²) >= 11 is 5.77. The van der Waals surface area contributed by atoms with Crippen LogP contribution in [0.1, 0.15) is 37.8 Å². The van der Waals surface area contributed by atoms with Crippen molar-refractivity contribution >= 4 is 11.6 Å². The maximum absolute atomic E-state index is 13.1. The first kappa shape index (κ1) is 13.8. The summed E-state index contributed by atoms with van der Waals surface area (Å²) < 4.78 is 13.1. The fraction of sp³-hybridized carbons (Fsp3) is 0.571. The molecule has 2 N–H and O–H groups in total. The highest BCUT2D eigenvalue weighted by atomic mass is 35.5. The summed E-state index contributed by atoms with van der Waals surface area (Å²) in [7, 11) is 0. The third-order valence-electron chi connectivity index (χ3n) is 3.83. The van der Waals surface area contributed by atoms with Crippen LogP contribution >= 0.6 is 11.6 Å². The van der Waals surface area contributed by atoms with Crippen LogP contribution in [-0.4, -0.2) is 18.3 Å². The number of benzene rings is 1. The summed E-state index contributed by atoms with van der Waals surface area (Å²) in [5, 5.41) is 12.6. The molecule has 1 atom stereocenters. The van der Waals surface area contributed by atoms with Gasteiger partial charge < -0.3 is 10.4 Å². The maximum Gasteiger partial charge on any atom is 0.141 e. The van der Waals surface area contributed by atoms with Gasteiger partial charge in [0.2, 0.25) is 0 Å². The fourth-order valence-corrected chi connectivity index (χ4v) is 2.39. The molecule has 0 radical (unpaired) electrons. The van der Waals surface area contributed by atoms with Crippen molar-refractivity contribution in [1.29, 1.82) is 0 Å². The quantitative estimate of drug-likeness (QED) is 0.832. The van der Waals surface area contributed by atoms with Crippen molar-refractivity contribution < 1.29 is 9.50 Å². The van der Waals surface area contributed by atoms with E-state index in [9.17, 15) is 4.39 Å². The lowest BCUT2D eigenvalue weighted by Gasteiger charge is -2.20. The van der Waals surface area contributed by atoms with Gasteiger partial charge in [-0.3, -0.25) is 0 Å². The Labute approximate surface area is 112 Å².